The second-order valence-corrected chi connectivity index (χ2v) is 9.06. The van der Waals surface area contributed by atoms with E-state index in [1.54, 1.807) is 43.5 Å². The second-order valence-electron chi connectivity index (χ2n) is 9.06. The van der Waals surface area contributed by atoms with Crippen molar-refractivity contribution in [3.05, 3.63) is 89.0 Å². The minimum Gasteiger partial charge on any atom is -0.497 e. The highest BCUT2D eigenvalue weighted by Gasteiger charge is 2.78. The van der Waals surface area contributed by atoms with Gasteiger partial charge in [-0.25, -0.2) is 0 Å². The van der Waals surface area contributed by atoms with Gasteiger partial charge in [0.1, 0.15) is 23.4 Å². The lowest BCUT2D eigenvalue weighted by Crippen LogP contribution is -2.52. The molecule has 1 aliphatic heterocycles. The van der Waals surface area contributed by atoms with E-state index in [2.05, 4.69) is 0 Å². The normalized spacial score (nSPS) is 28.6. The number of fused-ring (bicyclic) bond motifs is 3. The van der Waals surface area contributed by atoms with Crippen LogP contribution in [0.15, 0.2) is 66.7 Å². The second kappa shape index (κ2) is 8.29. The summed E-state index contributed by atoms with van der Waals surface area (Å²) in [5.41, 5.74) is -1.13. The molecule has 3 aromatic rings. The zero-order valence-electron chi connectivity index (χ0n) is 20.0. The van der Waals surface area contributed by atoms with E-state index in [9.17, 15) is 15.0 Å². The number of aliphatic hydroxyl groups excluding tert-OH is 1. The predicted molar refractivity (Wildman–Crippen MR) is 128 cm³/mol. The van der Waals surface area contributed by atoms with Crippen molar-refractivity contribution in [1.29, 1.82) is 0 Å². The van der Waals surface area contributed by atoms with Crippen molar-refractivity contribution in [1.82, 2.24) is 0 Å². The lowest BCUT2D eigenvalue weighted by Gasteiger charge is -2.40. The number of hydrogen-bond acceptors (Lipinski definition) is 7. The molecule has 7 heteroatoms. The van der Waals surface area contributed by atoms with Gasteiger partial charge < -0.3 is 29.2 Å². The fourth-order valence-corrected chi connectivity index (χ4v) is 5.94. The van der Waals surface area contributed by atoms with Gasteiger partial charge in [-0.3, -0.25) is 4.79 Å². The Hall–Kier alpha value is -3.55. The van der Waals surface area contributed by atoms with E-state index < -0.39 is 35.1 Å². The van der Waals surface area contributed by atoms with E-state index in [1.807, 2.05) is 37.3 Å². The number of aliphatic hydroxyl groups is 2. The van der Waals surface area contributed by atoms with Crippen LogP contribution in [0.4, 0.5) is 0 Å². The zero-order chi connectivity index (χ0) is 25.0. The summed E-state index contributed by atoms with van der Waals surface area (Å²) >= 11 is 0. The van der Waals surface area contributed by atoms with E-state index in [-0.39, 0.29) is 0 Å². The topological polar surface area (TPSA) is 94.5 Å². The molecule has 0 saturated heterocycles. The SMILES string of the molecule is COC(=O)[C@H]1[C@@H](O)[C@@]2(O)c3c(OC)cc(C)cc3O[C@@]2(c2ccc(OC)cc2)[C@@H]1c1ccccc1. The van der Waals surface area contributed by atoms with E-state index >= 15 is 0 Å². The summed E-state index contributed by atoms with van der Waals surface area (Å²) in [7, 11) is 4.34. The van der Waals surface area contributed by atoms with Crippen LogP contribution in [-0.4, -0.2) is 43.6 Å². The maximum absolute atomic E-state index is 13.2. The number of carbonyl (C=O) groups excluding carboxylic acids is 1. The first-order valence-electron chi connectivity index (χ1n) is 11.4. The molecule has 1 fully saturated rings. The minimum atomic E-state index is -2.03. The monoisotopic (exact) mass is 476 g/mol. The van der Waals surface area contributed by atoms with Crippen molar-refractivity contribution in [2.24, 2.45) is 5.92 Å². The smallest absolute Gasteiger partial charge is 0.312 e. The number of aryl methyl sites for hydroxylation is 1. The summed E-state index contributed by atoms with van der Waals surface area (Å²) in [5.74, 6) is -1.16. The van der Waals surface area contributed by atoms with E-state index in [0.29, 0.717) is 28.4 Å². The van der Waals surface area contributed by atoms with Crippen molar-refractivity contribution >= 4 is 5.97 Å². The quantitative estimate of drug-likeness (QED) is 0.545. The molecule has 0 bridgehead atoms. The molecule has 0 spiro atoms. The minimum absolute atomic E-state index is 0.307. The first-order chi connectivity index (χ1) is 16.8. The molecule has 1 aliphatic carbocycles. The number of hydrogen-bond donors (Lipinski definition) is 2. The number of ether oxygens (including phenoxy) is 4. The van der Waals surface area contributed by atoms with Gasteiger partial charge in [0.05, 0.1) is 32.8 Å². The molecule has 1 saturated carbocycles. The van der Waals surface area contributed by atoms with Crippen molar-refractivity contribution in [3.8, 4) is 17.2 Å². The van der Waals surface area contributed by atoms with E-state index in [4.69, 9.17) is 18.9 Å². The van der Waals surface area contributed by atoms with E-state index in [0.717, 1.165) is 11.1 Å². The van der Waals surface area contributed by atoms with Gasteiger partial charge in [0.25, 0.3) is 0 Å². The van der Waals surface area contributed by atoms with Crippen LogP contribution in [0.5, 0.6) is 17.2 Å². The van der Waals surface area contributed by atoms with Crippen LogP contribution in [0.25, 0.3) is 0 Å². The van der Waals surface area contributed by atoms with Gasteiger partial charge in [0.15, 0.2) is 11.2 Å². The molecule has 1 heterocycles. The molecule has 2 aliphatic rings. The molecule has 5 rings (SSSR count). The molecule has 0 amide bonds. The maximum Gasteiger partial charge on any atom is 0.312 e. The largest absolute Gasteiger partial charge is 0.497 e. The molecular weight excluding hydrogens is 448 g/mol. The third kappa shape index (κ3) is 3.01. The summed E-state index contributed by atoms with van der Waals surface area (Å²) < 4.78 is 22.9. The first-order valence-corrected chi connectivity index (χ1v) is 11.4. The van der Waals surface area contributed by atoms with Gasteiger partial charge in [0.2, 0.25) is 0 Å². The molecule has 7 nitrogen and oxygen atoms in total. The average Bonchev–Trinajstić information content (AvgIpc) is 3.26. The standard InChI is InChI=1S/C28H28O7/c1-16-14-20(33-3)24-21(15-16)35-28(18-10-12-19(32-2)13-11-18)23(17-8-6-5-7-9-17)22(26(30)34-4)25(29)27(24,28)31/h5-15,22-23,25,29,31H,1-4H3/t22-,23-,25-,27+,28+/m1/s1. The molecular formula is C28H28O7. The molecule has 182 valence electrons. The van der Waals surface area contributed by atoms with E-state index in [1.165, 1.54) is 14.2 Å². The van der Waals surface area contributed by atoms with Crippen LogP contribution in [0.3, 0.4) is 0 Å². The summed E-state index contributed by atoms with van der Waals surface area (Å²) in [6.07, 6.45) is -1.56. The Bertz CT molecular complexity index is 1260. The molecule has 0 unspecified atom stereocenters. The van der Waals surface area contributed by atoms with Crippen molar-refractivity contribution < 1.29 is 34.0 Å². The molecule has 3 aromatic carbocycles. The van der Waals surface area contributed by atoms with Crippen LogP contribution >= 0.6 is 0 Å². The summed E-state index contributed by atoms with van der Waals surface area (Å²) in [6, 6.07) is 20.0. The fourth-order valence-electron chi connectivity index (χ4n) is 5.94. The van der Waals surface area contributed by atoms with Gasteiger partial charge >= 0.3 is 5.97 Å². The first kappa shape index (κ1) is 23.2. The Morgan fingerprint density at radius 3 is 2.26 bits per heavy atom. The number of carbonyl (C=O) groups is 1. The number of methoxy groups -OCH3 is 3. The highest BCUT2D eigenvalue weighted by atomic mass is 16.5. The highest BCUT2D eigenvalue weighted by Crippen LogP contribution is 2.70. The maximum atomic E-state index is 13.2. The molecule has 2 N–H and O–H groups in total. The molecule has 0 aromatic heterocycles. The summed E-state index contributed by atoms with van der Waals surface area (Å²) in [5, 5.41) is 24.4. The van der Waals surface area contributed by atoms with Gasteiger partial charge in [-0.1, -0.05) is 42.5 Å². The Morgan fingerprint density at radius 1 is 0.971 bits per heavy atom. The Kier molecular flexibility index (Phi) is 5.49. The van der Waals surface area contributed by atoms with Crippen molar-refractivity contribution in [3.63, 3.8) is 0 Å². The Balaban J connectivity index is 1.88. The lowest BCUT2D eigenvalue weighted by atomic mass is 9.70. The number of rotatable bonds is 5. The van der Waals surface area contributed by atoms with Crippen LogP contribution < -0.4 is 14.2 Å². The van der Waals surface area contributed by atoms with Crippen LogP contribution in [0.1, 0.15) is 28.2 Å². The molecule has 5 atom stereocenters. The zero-order valence-corrected chi connectivity index (χ0v) is 20.0. The van der Waals surface area contributed by atoms with Gasteiger partial charge in [-0.15, -0.1) is 0 Å². The third-order valence-electron chi connectivity index (χ3n) is 7.36. The van der Waals surface area contributed by atoms with Gasteiger partial charge in [-0.2, -0.15) is 0 Å². The van der Waals surface area contributed by atoms with Gasteiger partial charge in [-0.05, 0) is 47.9 Å². The average molecular weight is 477 g/mol. The number of esters is 1. The van der Waals surface area contributed by atoms with Crippen molar-refractivity contribution in [2.45, 2.75) is 30.1 Å². The fraction of sp³-hybridized carbons (Fsp3) is 0.321. The lowest BCUT2D eigenvalue weighted by molar-refractivity contribution is -0.161. The van der Waals surface area contributed by atoms with Crippen LogP contribution in [0.2, 0.25) is 0 Å². The predicted octanol–water partition coefficient (Wildman–Crippen LogP) is 3.44. The van der Waals surface area contributed by atoms with Crippen LogP contribution in [0, 0.1) is 12.8 Å². The third-order valence-corrected chi connectivity index (χ3v) is 7.36. The Morgan fingerprint density at radius 2 is 1.66 bits per heavy atom. The molecule has 35 heavy (non-hydrogen) atoms. The van der Waals surface area contributed by atoms with Crippen molar-refractivity contribution in [2.75, 3.05) is 21.3 Å². The van der Waals surface area contributed by atoms with Gasteiger partial charge in [0, 0.05) is 5.92 Å². The summed E-state index contributed by atoms with van der Waals surface area (Å²) in [6.45, 7) is 1.90. The summed E-state index contributed by atoms with van der Waals surface area (Å²) in [4.78, 5) is 13.2. The van der Waals surface area contributed by atoms with Crippen LogP contribution in [-0.2, 0) is 20.7 Å². The molecule has 0 radical (unpaired) electrons. The Labute approximate surface area is 203 Å². The highest BCUT2D eigenvalue weighted by molar-refractivity contribution is 5.78. The number of benzene rings is 3.